The van der Waals surface area contributed by atoms with Gasteiger partial charge in [0.05, 0.1) is 13.2 Å². The molecule has 0 unspecified atom stereocenters. The molecule has 0 spiro atoms. The smallest absolute Gasteiger partial charge is 0.407 e. The highest BCUT2D eigenvalue weighted by Gasteiger charge is 2.24. The maximum atomic E-state index is 13.4. The van der Waals surface area contributed by atoms with Gasteiger partial charge in [-0.05, 0) is 61.6 Å². The molecule has 0 aliphatic rings. The molecule has 0 radical (unpaired) electrons. The summed E-state index contributed by atoms with van der Waals surface area (Å²) in [6.07, 6.45) is -0.120. The lowest BCUT2D eigenvalue weighted by molar-refractivity contribution is -0.126. The third-order valence-corrected chi connectivity index (χ3v) is 8.09. The highest BCUT2D eigenvalue weighted by Crippen LogP contribution is 2.29. The fraction of sp³-hybridized carbons (Fsp3) is 0.128. The standard InChI is InChI=1S/C39H33N3O5/c43-36(42-37(44)27-12-2-1-3-13-27)25-40-38(45)35(24-30-17-10-16-26-11-4-7-18-31(26)30)41-39(46)47-22-21-34-32-19-8-5-14-28(32)23-29-15-6-9-20-33(29)34/h1-20,23,35H,21-22,24-25H2,(H,40,45)(H,41,46)(H,42,43,44)/t35-/m0/s1. The van der Waals surface area contributed by atoms with Crippen LogP contribution >= 0.6 is 0 Å². The molecule has 6 aromatic rings. The van der Waals surface area contributed by atoms with E-state index in [0.29, 0.717) is 12.0 Å². The van der Waals surface area contributed by atoms with E-state index in [1.54, 1.807) is 30.3 Å². The molecule has 1 atom stereocenters. The molecular weight excluding hydrogens is 590 g/mol. The molecule has 234 valence electrons. The fourth-order valence-corrected chi connectivity index (χ4v) is 5.83. The number of carbonyl (C=O) groups is 4. The summed E-state index contributed by atoms with van der Waals surface area (Å²) >= 11 is 0. The zero-order valence-corrected chi connectivity index (χ0v) is 25.6. The van der Waals surface area contributed by atoms with Crippen LogP contribution in [0.25, 0.3) is 32.3 Å². The van der Waals surface area contributed by atoms with Gasteiger partial charge in [0.15, 0.2) is 0 Å². The molecule has 6 rings (SSSR count). The van der Waals surface area contributed by atoms with Gasteiger partial charge in [-0.25, -0.2) is 4.79 Å². The van der Waals surface area contributed by atoms with Gasteiger partial charge in [0.1, 0.15) is 6.04 Å². The number of benzene rings is 6. The first-order valence-corrected chi connectivity index (χ1v) is 15.4. The lowest BCUT2D eigenvalue weighted by Crippen LogP contribution is -2.50. The van der Waals surface area contributed by atoms with Crippen molar-refractivity contribution in [1.82, 2.24) is 16.0 Å². The van der Waals surface area contributed by atoms with Crippen LogP contribution in [0, 0.1) is 0 Å². The van der Waals surface area contributed by atoms with Gasteiger partial charge in [-0.15, -0.1) is 0 Å². The summed E-state index contributed by atoms with van der Waals surface area (Å²) in [5, 5.41) is 13.9. The van der Waals surface area contributed by atoms with E-state index >= 15 is 0 Å². The number of hydrogen-bond donors (Lipinski definition) is 3. The second-order valence-electron chi connectivity index (χ2n) is 11.2. The first kappa shape index (κ1) is 31.0. The van der Waals surface area contributed by atoms with Gasteiger partial charge in [0.2, 0.25) is 11.8 Å². The van der Waals surface area contributed by atoms with Crippen molar-refractivity contribution in [3.05, 3.63) is 144 Å². The Hall–Kier alpha value is -6.02. The van der Waals surface area contributed by atoms with Crippen molar-refractivity contribution in [2.45, 2.75) is 18.9 Å². The number of amides is 4. The summed E-state index contributed by atoms with van der Waals surface area (Å²) in [6, 6.07) is 39.1. The van der Waals surface area contributed by atoms with Crippen molar-refractivity contribution in [3.8, 4) is 0 Å². The van der Waals surface area contributed by atoms with E-state index in [9.17, 15) is 19.2 Å². The molecule has 8 nitrogen and oxygen atoms in total. The van der Waals surface area contributed by atoms with Crippen molar-refractivity contribution < 1.29 is 23.9 Å². The Balaban J connectivity index is 1.14. The second kappa shape index (κ2) is 14.4. The molecule has 0 heterocycles. The van der Waals surface area contributed by atoms with E-state index in [0.717, 1.165) is 43.4 Å². The molecule has 47 heavy (non-hydrogen) atoms. The Morgan fingerprint density at radius 2 is 1.23 bits per heavy atom. The van der Waals surface area contributed by atoms with Crippen LogP contribution in [0.1, 0.15) is 21.5 Å². The molecule has 3 N–H and O–H groups in total. The second-order valence-corrected chi connectivity index (χ2v) is 11.2. The molecule has 0 aliphatic heterocycles. The van der Waals surface area contributed by atoms with Crippen LogP contribution in [0.5, 0.6) is 0 Å². The largest absolute Gasteiger partial charge is 0.449 e. The zero-order valence-electron chi connectivity index (χ0n) is 25.6. The van der Waals surface area contributed by atoms with Crippen LogP contribution in [0.4, 0.5) is 4.79 Å². The molecule has 0 aromatic heterocycles. The summed E-state index contributed by atoms with van der Waals surface area (Å²) in [6.45, 7) is -0.356. The third kappa shape index (κ3) is 7.45. The summed E-state index contributed by atoms with van der Waals surface area (Å²) in [5.74, 6) is -1.84. The third-order valence-electron chi connectivity index (χ3n) is 8.09. The average molecular weight is 624 g/mol. The zero-order chi connectivity index (χ0) is 32.6. The molecule has 8 heteroatoms. The summed E-state index contributed by atoms with van der Waals surface area (Å²) in [4.78, 5) is 51.4. The van der Waals surface area contributed by atoms with Crippen molar-refractivity contribution in [3.63, 3.8) is 0 Å². The number of alkyl carbamates (subject to hydrolysis) is 1. The maximum Gasteiger partial charge on any atom is 0.407 e. The van der Waals surface area contributed by atoms with Crippen LogP contribution in [0.15, 0.2) is 127 Å². The van der Waals surface area contributed by atoms with Crippen LogP contribution in [0.3, 0.4) is 0 Å². The number of nitrogens with one attached hydrogen (secondary N) is 3. The van der Waals surface area contributed by atoms with E-state index in [4.69, 9.17) is 4.74 Å². The van der Waals surface area contributed by atoms with E-state index in [-0.39, 0.29) is 13.0 Å². The lowest BCUT2D eigenvalue weighted by Gasteiger charge is -2.19. The van der Waals surface area contributed by atoms with E-state index in [2.05, 4.69) is 46.3 Å². The van der Waals surface area contributed by atoms with Gasteiger partial charge in [0, 0.05) is 18.4 Å². The molecule has 0 saturated heterocycles. The fourth-order valence-electron chi connectivity index (χ4n) is 5.83. The first-order chi connectivity index (χ1) is 23.0. The SMILES string of the molecule is O=C(CNC(=O)[C@H](Cc1cccc2ccccc12)NC(=O)OCCc1c2ccccc2cc2ccccc12)NC(=O)c1ccccc1. The van der Waals surface area contributed by atoms with E-state index in [1.807, 2.05) is 66.7 Å². The number of ether oxygens (including phenoxy) is 1. The van der Waals surface area contributed by atoms with Gasteiger partial charge < -0.3 is 15.4 Å². The monoisotopic (exact) mass is 623 g/mol. The average Bonchev–Trinajstić information content (AvgIpc) is 3.10. The Kier molecular flexibility index (Phi) is 9.48. The van der Waals surface area contributed by atoms with Crippen LogP contribution in [-0.2, 0) is 27.2 Å². The Bertz CT molecular complexity index is 2030. The minimum atomic E-state index is -1.05. The van der Waals surface area contributed by atoms with Crippen molar-refractivity contribution >= 4 is 56.1 Å². The maximum absolute atomic E-state index is 13.4. The number of imide groups is 1. The van der Waals surface area contributed by atoms with Gasteiger partial charge in [0.25, 0.3) is 5.91 Å². The molecule has 0 fully saturated rings. The number of fused-ring (bicyclic) bond motifs is 3. The molecule has 0 aliphatic carbocycles. The highest BCUT2D eigenvalue weighted by atomic mass is 16.5. The number of carbonyl (C=O) groups excluding carboxylic acids is 4. The Labute approximate surface area is 271 Å². The topological polar surface area (TPSA) is 114 Å². The summed E-state index contributed by atoms with van der Waals surface area (Å²) in [5.41, 5.74) is 2.24. The van der Waals surface area contributed by atoms with Crippen LogP contribution < -0.4 is 16.0 Å². The van der Waals surface area contributed by atoms with Crippen molar-refractivity contribution in [2.24, 2.45) is 0 Å². The highest BCUT2D eigenvalue weighted by molar-refractivity contribution is 6.06. The van der Waals surface area contributed by atoms with Crippen molar-refractivity contribution in [2.75, 3.05) is 13.2 Å². The molecule has 6 aromatic carbocycles. The predicted molar refractivity (Wildman–Crippen MR) is 183 cm³/mol. The lowest BCUT2D eigenvalue weighted by atomic mass is 9.95. The number of hydrogen-bond acceptors (Lipinski definition) is 5. The van der Waals surface area contributed by atoms with Crippen LogP contribution in [0.2, 0.25) is 0 Å². The molecule has 4 amide bonds. The van der Waals surface area contributed by atoms with Gasteiger partial charge in [-0.3, -0.25) is 19.7 Å². The summed E-state index contributed by atoms with van der Waals surface area (Å²) < 4.78 is 5.62. The molecular formula is C39H33N3O5. The van der Waals surface area contributed by atoms with E-state index in [1.165, 1.54) is 0 Å². The number of rotatable bonds is 10. The minimum Gasteiger partial charge on any atom is -0.449 e. The van der Waals surface area contributed by atoms with Crippen LogP contribution in [-0.4, -0.2) is 43.0 Å². The molecule has 0 saturated carbocycles. The normalized spacial score (nSPS) is 11.6. The minimum absolute atomic E-state index is 0.0937. The van der Waals surface area contributed by atoms with E-state index < -0.39 is 36.4 Å². The van der Waals surface area contributed by atoms with Gasteiger partial charge in [-0.1, -0.05) is 109 Å². The first-order valence-electron chi connectivity index (χ1n) is 15.4. The Morgan fingerprint density at radius 3 is 1.94 bits per heavy atom. The van der Waals surface area contributed by atoms with Gasteiger partial charge in [-0.2, -0.15) is 0 Å². The van der Waals surface area contributed by atoms with Crippen molar-refractivity contribution in [1.29, 1.82) is 0 Å². The Morgan fingerprint density at radius 1 is 0.638 bits per heavy atom. The quantitative estimate of drug-likeness (QED) is 0.160. The predicted octanol–water partition coefficient (Wildman–Crippen LogP) is 6.10. The van der Waals surface area contributed by atoms with Gasteiger partial charge >= 0.3 is 6.09 Å². The molecule has 0 bridgehead atoms. The summed E-state index contributed by atoms with van der Waals surface area (Å²) in [7, 11) is 0.